The topological polar surface area (TPSA) is 52.0 Å². The highest BCUT2D eigenvalue weighted by Gasteiger charge is 2.27. The summed E-state index contributed by atoms with van der Waals surface area (Å²) in [6.45, 7) is 6.16. The molecule has 1 aliphatic rings. The number of halogens is 1. The normalized spacial score (nSPS) is 25.4. The summed E-state index contributed by atoms with van der Waals surface area (Å²) in [6, 6.07) is 5.16. The highest BCUT2D eigenvalue weighted by Crippen LogP contribution is 2.27. The number of anilines is 1. The van der Waals surface area contributed by atoms with Crippen LogP contribution in [0.15, 0.2) is 18.2 Å². The fourth-order valence-electron chi connectivity index (χ4n) is 2.73. The van der Waals surface area contributed by atoms with E-state index >= 15 is 0 Å². The number of amides is 1. The molecule has 1 aliphatic heterocycles. The Bertz CT molecular complexity index is 500. The number of carbonyl (C=O) groups excluding carboxylic acids is 1. The lowest BCUT2D eigenvalue weighted by Gasteiger charge is -2.31. The van der Waals surface area contributed by atoms with Crippen molar-refractivity contribution in [1.29, 1.82) is 0 Å². The Morgan fingerprint density at radius 1 is 1.43 bits per heavy atom. The molecule has 2 rings (SSSR count). The van der Waals surface area contributed by atoms with Crippen molar-refractivity contribution in [2.75, 3.05) is 32.1 Å². The minimum Gasteiger partial charge on any atom is -0.495 e. The van der Waals surface area contributed by atoms with Gasteiger partial charge in [0.15, 0.2) is 6.54 Å². The third kappa shape index (κ3) is 4.59. The second-order valence-electron chi connectivity index (χ2n) is 5.49. The van der Waals surface area contributed by atoms with Gasteiger partial charge in [0.05, 0.1) is 12.8 Å². The fraction of sp³-hybridized carbons (Fsp3) is 0.533. The Kier molecular flexibility index (Phi) is 5.45. The molecule has 6 heteroatoms. The maximum absolute atomic E-state index is 12.2. The van der Waals surface area contributed by atoms with Crippen LogP contribution in [0, 0.1) is 0 Å². The van der Waals surface area contributed by atoms with Gasteiger partial charge in [0.1, 0.15) is 31.0 Å². The van der Waals surface area contributed by atoms with E-state index in [9.17, 15) is 4.79 Å². The fourth-order valence-corrected chi connectivity index (χ4v) is 2.90. The summed E-state index contributed by atoms with van der Waals surface area (Å²) in [4.78, 5) is 13.4. The van der Waals surface area contributed by atoms with E-state index in [1.54, 1.807) is 25.3 Å². The second kappa shape index (κ2) is 7.11. The molecule has 2 N–H and O–H groups in total. The van der Waals surface area contributed by atoms with Gasteiger partial charge < -0.3 is 19.7 Å². The Hall–Kier alpha value is -1.30. The number of quaternary nitrogens is 1. The lowest BCUT2D eigenvalue weighted by atomic mass is 10.2. The summed E-state index contributed by atoms with van der Waals surface area (Å²) in [5, 5.41) is 3.43. The zero-order chi connectivity index (χ0) is 15.4. The number of methoxy groups -OCH3 is 1. The van der Waals surface area contributed by atoms with E-state index in [4.69, 9.17) is 21.1 Å². The number of carbonyl (C=O) groups is 1. The average molecular weight is 314 g/mol. The zero-order valence-electron chi connectivity index (χ0n) is 12.6. The summed E-state index contributed by atoms with van der Waals surface area (Å²) >= 11 is 5.96. The van der Waals surface area contributed by atoms with Crippen molar-refractivity contribution in [2.24, 2.45) is 0 Å². The summed E-state index contributed by atoms with van der Waals surface area (Å²) in [6.07, 6.45) is 0.356. The molecule has 0 aromatic heterocycles. The molecular formula is C15H22ClN2O3+. The predicted molar refractivity (Wildman–Crippen MR) is 82.2 cm³/mol. The van der Waals surface area contributed by atoms with Gasteiger partial charge >= 0.3 is 0 Å². The quantitative estimate of drug-likeness (QED) is 0.871. The van der Waals surface area contributed by atoms with Crippen molar-refractivity contribution >= 4 is 23.2 Å². The van der Waals surface area contributed by atoms with Crippen LogP contribution in [0.1, 0.15) is 13.8 Å². The number of hydrogen-bond donors (Lipinski definition) is 2. The van der Waals surface area contributed by atoms with Gasteiger partial charge in [0, 0.05) is 5.02 Å². The first-order chi connectivity index (χ1) is 9.97. The highest BCUT2D eigenvalue weighted by atomic mass is 35.5. The third-order valence-corrected chi connectivity index (χ3v) is 3.70. The molecule has 0 unspecified atom stereocenters. The number of morpholine rings is 1. The maximum Gasteiger partial charge on any atom is 0.279 e. The van der Waals surface area contributed by atoms with Crippen molar-refractivity contribution in [3.05, 3.63) is 23.2 Å². The summed E-state index contributed by atoms with van der Waals surface area (Å²) in [5.74, 6) is 0.554. The van der Waals surface area contributed by atoms with Crippen LogP contribution in [0.5, 0.6) is 5.75 Å². The van der Waals surface area contributed by atoms with Crippen molar-refractivity contribution in [3.63, 3.8) is 0 Å². The number of ether oxygens (including phenoxy) is 2. The first-order valence-corrected chi connectivity index (χ1v) is 7.48. The smallest absolute Gasteiger partial charge is 0.279 e. The molecule has 5 nitrogen and oxygen atoms in total. The largest absolute Gasteiger partial charge is 0.495 e. The maximum atomic E-state index is 12.2. The van der Waals surface area contributed by atoms with Crippen LogP contribution in [0.3, 0.4) is 0 Å². The van der Waals surface area contributed by atoms with Gasteiger partial charge in [0.2, 0.25) is 0 Å². The summed E-state index contributed by atoms with van der Waals surface area (Å²) < 4.78 is 10.9. The van der Waals surface area contributed by atoms with Gasteiger partial charge in [-0.3, -0.25) is 4.79 Å². The molecule has 2 atom stereocenters. The Balaban J connectivity index is 1.97. The molecule has 1 fully saturated rings. The Morgan fingerprint density at radius 2 is 2.10 bits per heavy atom. The lowest BCUT2D eigenvalue weighted by molar-refractivity contribution is -0.907. The van der Waals surface area contributed by atoms with Crippen LogP contribution in [0.2, 0.25) is 5.02 Å². The van der Waals surface area contributed by atoms with E-state index in [0.717, 1.165) is 13.1 Å². The van der Waals surface area contributed by atoms with Crippen LogP contribution in [0.25, 0.3) is 0 Å². The van der Waals surface area contributed by atoms with E-state index in [1.807, 2.05) is 13.8 Å². The van der Waals surface area contributed by atoms with E-state index in [2.05, 4.69) is 5.32 Å². The molecule has 0 bridgehead atoms. The van der Waals surface area contributed by atoms with Crippen LogP contribution in [0.4, 0.5) is 5.69 Å². The second-order valence-corrected chi connectivity index (χ2v) is 5.92. The molecule has 1 amide bonds. The first-order valence-electron chi connectivity index (χ1n) is 7.10. The van der Waals surface area contributed by atoms with Crippen molar-refractivity contribution in [3.8, 4) is 5.75 Å². The molecular weight excluding hydrogens is 292 g/mol. The monoisotopic (exact) mass is 313 g/mol. The third-order valence-electron chi connectivity index (χ3n) is 3.46. The molecule has 1 heterocycles. The minimum absolute atomic E-state index is 0.0492. The van der Waals surface area contributed by atoms with Crippen molar-refractivity contribution in [2.45, 2.75) is 26.1 Å². The number of nitrogens with one attached hydrogen (secondary N) is 2. The first kappa shape index (κ1) is 16.1. The Labute approximate surface area is 130 Å². The molecule has 1 aromatic rings. The van der Waals surface area contributed by atoms with Crippen LogP contribution < -0.4 is 15.0 Å². The molecule has 1 aromatic carbocycles. The zero-order valence-corrected chi connectivity index (χ0v) is 13.4. The van der Waals surface area contributed by atoms with Crippen molar-refractivity contribution < 1.29 is 19.2 Å². The lowest BCUT2D eigenvalue weighted by Crippen LogP contribution is -3.16. The van der Waals surface area contributed by atoms with Gasteiger partial charge in [0.25, 0.3) is 5.91 Å². The van der Waals surface area contributed by atoms with Gasteiger partial charge in [-0.1, -0.05) is 11.6 Å². The highest BCUT2D eigenvalue weighted by molar-refractivity contribution is 6.31. The molecule has 21 heavy (non-hydrogen) atoms. The molecule has 116 valence electrons. The molecule has 0 aliphatic carbocycles. The van der Waals surface area contributed by atoms with Gasteiger partial charge in [-0.05, 0) is 32.0 Å². The SMILES string of the molecule is COc1ccc(Cl)cc1NC(=O)C[NH+]1C[C@H](C)O[C@@H](C)C1. The van der Waals surface area contributed by atoms with E-state index in [0.29, 0.717) is 23.0 Å². The Morgan fingerprint density at radius 3 is 2.71 bits per heavy atom. The van der Waals surface area contributed by atoms with Gasteiger partial charge in [-0.25, -0.2) is 0 Å². The van der Waals surface area contributed by atoms with Crippen LogP contribution >= 0.6 is 11.6 Å². The molecule has 0 spiro atoms. The van der Waals surface area contributed by atoms with E-state index in [-0.39, 0.29) is 18.1 Å². The average Bonchev–Trinajstić information content (AvgIpc) is 2.37. The number of hydrogen-bond acceptors (Lipinski definition) is 3. The molecule has 0 saturated carbocycles. The van der Waals surface area contributed by atoms with Gasteiger partial charge in [-0.2, -0.15) is 0 Å². The van der Waals surface area contributed by atoms with Crippen LogP contribution in [-0.4, -0.2) is 44.9 Å². The molecule has 1 saturated heterocycles. The van der Waals surface area contributed by atoms with Gasteiger partial charge in [-0.15, -0.1) is 0 Å². The minimum atomic E-state index is -0.0492. The number of rotatable bonds is 4. The summed E-state index contributed by atoms with van der Waals surface area (Å²) in [7, 11) is 1.56. The number of benzene rings is 1. The molecule has 0 radical (unpaired) electrons. The predicted octanol–water partition coefficient (Wildman–Crippen LogP) is 0.979. The van der Waals surface area contributed by atoms with E-state index in [1.165, 1.54) is 4.90 Å². The van der Waals surface area contributed by atoms with E-state index < -0.39 is 0 Å². The van der Waals surface area contributed by atoms with Crippen molar-refractivity contribution in [1.82, 2.24) is 0 Å². The van der Waals surface area contributed by atoms with Crippen LogP contribution in [-0.2, 0) is 9.53 Å². The standard InChI is InChI=1S/C15H21ClN2O3/c1-10-7-18(8-11(2)21-10)9-15(19)17-13-6-12(16)4-5-14(13)20-3/h4-6,10-11H,7-9H2,1-3H3,(H,17,19)/p+1/t10-,11-/m0/s1. The summed E-state index contributed by atoms with van der Waals surface area (Å²) in [5.41, 5.74) is 0.601.